The van der Waals surface area contributed by atoms with Crippen LogP contribution < -0.4 is 15.5 Å². The average Bonchev–Trinajstić information content (AvgIpc) is 2.63. The number of ether oxygens (including phenoxy) is 2. The Hall–Kier alpha value is -0.260. The quantitative estimate of drug-likeness (QED) is 0.305. The van der Waals surface area contributed by atoms with Crippen LogP contribution in [0.2, 0.25) is 0 Å². The lowest BCUT2D eigenvalue weighted by molar-refractivity contribution is -0.908. The first-order valence-electron chi connectivity index (χ1n) is 8.56. The van der Waals surface area contributed by atoms with Gasteiger partial charge in [0.1, 0.15) is 26.2 Å². The Bertz CT molecular complexity index is 739. The van der Waals surface area contributed by atoms with Gasteiger partial charge in [-0.05, 0) is 67.8 Å². The normalized spacial score (nSPS) is 14.5. The van der Waals surface area contributed by atoms with Crippen LogP contribution in [0.3, 0.4) is 0 Å². The van der Waals surface area contributed by atoms with Crippen LogP contribution in [-0.2, 0) is 19.1 Å². The molecule has 2 rings (SSSR count). The molecule has 0 saturated carbocycles. The number of rotatable bonds is 6. The van der Waals surface area contributed by atoms with Crippen LogP contribution in [0.1, 0.15) is 24.2 Å². The fraction of sp³-hybridized carbons (Fsp3) is 0.471. The number of amides is 2. The van der Waals surface area contributed by atoms with E-state index < -0.39 is 5.97 Å². The van der Waals surface area contributed by atoms with Gasteiger partial charge in [-0.1, -0.05) is 0 Å². The second-order valence-corrected chi connectivity index (χ2v) is 9.41. The number of anilines is 2. The van der Waals surface area contributed by atoms with Crippen molar-refractivity contribution in [3.05, 3.63) is 16.3 Å². The second kappa shape index (κ2) is 11.2. The number of quaternary nitrogens is 1. The number of carbonyl (C=O) groups is 3. The van der Waals surface area contributed by atoms with Gasteiger partial charge in [-0.25, -0.2) is 4.79 Å². The van der Waals surface area contributed by atoms with Crippen LogP contribution in [0, 0.1) is 10.7 Å². The molecule has 28 heavy (non-hydrogen) atoms. The minimum Gasteiger partial charge on any atom is -0.456 e. The van der Waals surface area contributed by atoms with E-state index in [-0.39, 0.29) is 18.4 Å². The molecule has 0 aliphatic carbocycles. The van der Waals surface area contributed by atoms with Crippen LogP contribution in [-0.4, -0.2) is 57.2 Å². The van der Waals surface area contributed by atoms with Crippen LogP contribution in [0.4, 0.5) is 11.4 Å². The molecule has 1 fully saturated rings. The molecule has 8 nitrogen and oxygen atoms in total. The van der Waals surface area contributed by atoms with Crippen LogP contribution in [0.15, 0.2) is 0 Å². The molecule has 1 aromatic carbocycles. The fourth-order valence-electron chi connectivity index (χ4n) is 2.69. The lowest BCUT2D eigenvalue weighted by Crippen LogP contribution is -3.14. The number of hydrogen-bond acceptors (Lipinski definition) is 5. The lowest BCUT2D eigenvalue weighted by Gasteiger charge is -2.23. The molecule has 1 aliphatic heterocycles. The van der Waals surface area contributed by atoms with E-state index in [1.165, 1.54) is 18.7 Å². The van der Waals surface area contributed by atoms with E-state index in [0.29, 0.717) is 34.2 Å². The predicted molar refractivity (Wildman–Crippen MR) is 130 cm³/mol. The number of halogens is 3. The van der Waals surface area contributed by atoms with Gasteiger partial charge in [-0.3, -0.25) is 9.59 Å². The van der Waals surface area contributed by atoms with Gasteiger partial charge >= 0.3 is 5.97 Å². The molecule has 0 spiro atoms. The number of hydrogen-bond donors (Lipinski definition) is 3. The molecule has 11 heteroatoms. The average molecular weight is 728 g/mol. The summed E-state index contributed by atoms with van der Waals surface area (Å²) in [4.78, 5) is 37.4. The lowest BCUT2D eigenvalue weighted by atomic mass is 10.1. The molecule has 0 atom stereocenters. The monoisotopic (exact) mass is 728 g/mol. The number of morpholine rings is 1. The molecule has 0 radical (unpaired) electrons. The van der Waals surface area contributed by atoms with E-state index in [9.17, 15) is 14.4 Å². The number of carbonyl (C=O) groups excluding carboxylic acids is 3. The van der Waals surface area contributed by atoms with Gasteiger partial charge < -0.3 is 25.0 Å². The Morgan fingerprint density at radius 1 is 0.964 bits per heavy atom. The highest BCUT2D eigenvalue weighted by Crippen LogP contribution is 2.39. The Morgan fingerprint density at radius 3 is 1.93 bits per heavy atom. The van der Waals surface area contributed by atoms with Crippen molar-refractivity contribution in [1.82, 2.24) is 0 Å². The molecular formula is C17H21I3N3O5+. The zero-order valence-electron chi connectivity index (χ0n) is 15.4. The molecule has 1 aliphatic rings. The smallest absolute Gasteiger partial charge is 0.340 e. The maximum atomic E-state index is 12.8. The van der Waals surface area contributed by atoms with E-state index in [4.69, 9.17) is 9.47 Å². The molecule has 0 unspecified atom stereocenters. The molecule has 3 N–H and O–H groups in total. The third-order valence-corrected chi connectivity index (χ3v) is 7.25. The topological polar surface area (TPSA) is 98.2 Å². The summed E-state index contributed by atoms with van der Waals surface area (Å²) in [5.74, 6) is -1.00. The van der Waals surface area contributed by atoms with Crippen molar-refractivity contribution in [1.29, 1.82) is 0 Å². The molecule has 0 aromatic heterocycles. The van der Waals surface area contributed by atoms with Crippen LogP contribution in [0.25, 0.3) is 0 Å². The summed E-state index contributed by atoms with van der Waals surface area (Å²) in [6.45, 7) is 7.02. The largest absolute Gasteiger partial charge is 0.456 e. The van der Waals surface area contributed by atoms with Crippen molar-refractivity contribution in [2.75, 3.05) is 50.1 Å². The minimum atomic E-state index is -0.476. The molecule has 1 aromatic rings. The first-order chi connectivity index (χ1) is 13.2. The number of esters is 1. The standard InChI is InChI=1S/C17H20I3N3O5/c1-9(24)21-15-12(18)11(13(19)16(14(15)20)22-10(2)25)17(26)28-8-5-23-3-6-27-7-4-23/h3-8H2,1-2H3,(H,21,24)(H,22,25)/p+1. The molecule has 0 bridgehead atoms. The van der Waals surface area contributed by atoms with Crippen LogP contribution in [0.5, 0.6) is 0 Å². The van der Waals surface area contributed by atoms with E-state index in [1.54, 1.807) is 0 Å². The van der Waals surface area contributed by atoms with Crippen molar-refractivity contribution in [3.8, 4) is 0 Å². The zero-order valence-corrected chi connectivity index (χ0v) is 21.9. The second-order valence-electron chi connectivity index (χ2n) is 6.18. The van der Waals surface area contributed by atoms with Crippen molar-refractivity contribution in [3.63, 3.8) is 0 Å². The molecule has 154 valence electrons. The third kappa shape index (κ3) is 6.37. The highest BCUT2D eigenvalue weighted by molar-refractivity contribution is 14.1. The summed E-state index contributed by atoms with van der Waals surface area (Å²) in [5.41, 5.74) is 1.32. The summed E-state index contributed by atoms with van der Waals surface area (Å²) in [7, 11) is 0. The maximum absolute atomic E-state index is 12.8. The molecule has 1 heterocycles. The summed E-state index contributed by atoms with van der Waals surface area (Å²) >= 11 is 6.10. The number of benzene rings is 1. The van der Waals surface area contributed by atoms with E-state index >= 15 is 0 Å². The number of nitrogens with one attached hydrogen (secondary N) is 3. The van der Waals surface area contributed by atoms with Crippen molar-refractivity contribution >= 4 is 96.9 Å². The van der Waals surface area contributed by atoms with E-state index in [1.807, 2.05) is 45.2 Å². The highest BCUT2D eigenvalue weighted by atomic mass is 127. The van der Waals surface area contributed by atoms with Gasteiger partial charge in [-0.15, -0.1) is 0 Å². The Morgan fingerprint density at radius 2 is 1.46 bits per heavy atom. The van der Waals surface area contributed by atoms with Crippen molar-refractivity contribution < 1.29 is 28.8 Å². The fourth-order valence-corrected chi connectivity index (χ4v) is 6.83. The Labute approximate surface area is 204 Å². The van der Waals surface area contributed by atoms with E-state index in [0.717, 1.165) is 26.3 Å². The minimum absolute atomic E-state index is 0.263. The van der Waals surface area contributed by atoms with Gasteiger partial charge in [0.2, 0.25) is 11.8 Å². The zero-order chi connectivity index (χ0) is 20.8. The van der Waals surface area contributed by atoms with Crippen LogP contribution >= 0.6 is 67.8 Å². The predicted octanol–water partition coefficient (Wildman–Crippen LogP) is 1.49. The molecule has 1 saturated heterocycles. The van der Waals surface area contributed by atoms with Gasteiger partial charge in [-0.2, -0.15) is 0 Å². The summed E-state index contributed by atoms with van der Waals surface area (Å²) < 4.78 is 12.7. The molecular weight excluding hydrogens is 707 g/mol. The van der Waals surface area contributed by atoms with Gasteiger partial charge in [0.05, 0.1) is 40.9 Å². The summed E-state index contributed by atoms with van der Waals surface area (Å²) in [6, 6.07) is 0. The van der Waals surface area contributed by atoms with Crippen molar-refractivity contribution in [2.45, 2.75) is 13.8 Å². The first-order valence-corrected chi connectivity index (χ1v) is 11.8. The third-order valence-electron chi connectivity index (χ3n) is 4.01. The van der Waals surface area contributed by atoms with Crippen molar-refractivity contribution in [2.24, 2.45) is 0 Å². The SMILES string of the molecule is CC(=O)Nc1c(I)c(NC(C)=O)c(I)c(C(=O)OCC[NH+]2CCOCC2)c1I. The van der Waals surface area contributed by atoms with Gasteiger partial charge in [0.25, 0.3) is 0 Å². The summed E-state index contributed by atoms with van der Waals surface area (Å²) in [6.07, 6.45) is 0. The Balaban J connectivity index is 2.28. The molecule has 2 amide bonds. The highest BCUT2D eigenvalue weighted by Gasteiger charge is 2.27. The summed E-state index contributed by atoms with van der Waals surface area (Å²) in [5, 5.41) is 5.50. The van der Waals surface area contributed by atoms with E-state index in [2.05, 4.69) is 33.2 Å². The van der Waals surface area contributed by atoms with Gasteiger partial charge in [0.15, 0.2) is 0 Å². The maximum Gasteiger partial charge on any atom is 0.340 e. The van der Waals surface area contributed by atoms with Gasteiger partial charge in [0, 0.05) is 13.8 Å². The Kier molecular flexibility index (Phi) is 9.62. The first kappa shape index (κ1) is 24.0.